The van der Waals surface area contributed by atoms with E-state index in [-0.39, 0.29) is 17.1 Å². The Kier molecular flexibility index (Phi) is 3.81. The summed E-state index contributed by atoms with van der Waals surface area (Å²) in [6, 6.07) is 6.16. The fourth-order valence-electron chi connectivity index (χ4n) is 0.790. The van der Waals surface area contributed by atoms with E-state index in [4.69, 9.17) is 0 Å². The molecule has 0 amide bonds. The lowest BCUT2D eigenvalue weighted by atomic mass is 10.2. The number of rotatable bonds is 5. The SMILES string of the molecule is CCS(=O)(=O)OOc1ccccc1C=O. The van der Waals surface area contributed by atoms with Crippen LogP contribution < -0.4 is 4.89 Å². The Morgan fingerprint density at radius 2 is 2.00 bits per heavy atom. The summed E-state index contributed by atoms with van der Waals surface area (Å²) in [7, 11) is -3.68. The number of benzene rings is 1. The molecule has 82 valence electrons. The Labute approximate surface area is 87.7 Å². The summed E-state index contributed by atoms with van der Waals surface area (Å²) >= 11 is 0. The van der Waals surface area contributed by atoms with Crippen molar-refractivity contribution in [2.45, 2.75) is 6.92 Å². The minimum Gasteiger partial charge on any atom is -0.320 e. The van der Waals surface area contributed by atoms with Crippen molar-refractivity contribution in [2.24, 2.45) is 0 Å². The molecule has 5 nitrogen and oxygen atoms in total. The largest absolute Gasteiger partial charge is 0.320 e. The number of hydrogen-bond donors (Lipinski definition) is 0. The Morgan fingerprint density at radius 1 is 1.33 bits per heavy atom. The molecule has 0 N–H and O–H groups in total. The standard InChI is InChI=1S/C9H10O5S/c1-2-15(11,12)14-13-9-6-4-3-5-8(9)7-10/h3-7H,2H2,1H3. The summed E-state index contributed by atoms with van der Waals surface area (Å²) in [6.07, 6.45) is 0.553. The van der Waals surface area contributed by atoms with Crippen LogP contribution in [-0.2, 0) is 14.5 Å². The van der Waals surface area contributed by atoms with Crippen LogP contribution in [0.5, 0.6) is 5.75 Å². The van der Waals surface area contributed by atoms with Crippen molar-refractivity contribution < 1.29 is 22.4 Å². The maximum absolute atomic E-state index is 10.9. The first-order valence-corrected chi connectivity index (χ1v) is 5.80. The molecule has 0 aliphatic heterocycles. The summed E-state index contributed by atoms with van der Waals surface area (Å²) in [5.74, 6) is -0.125. The Hall–Kier alpha value is -1.40. The molecule has 1 aromatic carbocycles. The van der Waals surface area contributed by atoms with E-state index in [0.29, 0.717) is 6.29 Å². The maximum atomic E-state index is 10.9. The molecule has 0 heterocycles. The lowest BCUT2D eigenvalue weighted by Gasteiger charge is -2.04. The van der Waals surface area contributed by atoms with Crippen molar-refractivity contribution in [3.8, 4) is 5.75 Å². The predicted octanol–water partition coefficient (Wildman–Crippen LogP) is 1.16. The van der Waals surface area contributed by atoms with Crippen molar-refractivity contribution >= 4 is 16.4 Å². The Bertz CT molecular complexity index is 438. The van der Waals surface area contributed by atoms with E-state index in [1.54, 1.807) is 12.1 Å². The van der Waals surface area contributed by atoms with E-state index in [1.165, 1.54) is 19.1 Å². The summed E-state index contributed by atoms with van der Waals surface area (Å²) in [5, 5.41) is 0. The van der Waals surface area contributed by atoms with Crippen molar-refractivity contribution in [1.82, 2.24) is 0 Å². The van der Waals surface area contributed by atoms with E-state index >= 15 is 0 Å². The fourth-order valence-corrected chi connectivity index (χ4v) is 1.06. The molecule has 0 bridgehead atoms. The normalized spacial score (nSPS) is 11.0. The van der Waals surface area contributed by atoms with Gasteiger partial charge >= 0.3 is 10.1 Å². The van der Waals surface area contributed by atoms with Gasteiger partial charge in [-0.1, -0.05) is 16.5 Å². The van der Waals surface area contributed by atoms with Gasteiger partial charge in [0.1, 0.15) is 0 Å². The molecule has 0 aliphatic carbocycles. The van der Waals surface area contributed by atoms with Crippen LogP contribution in [0.15, 0.2) is 24.3 Å². The van der Waals surface area contributed by atoms with Crippen LogP contribution in [-0.4, -0.2) is 20.5 Å². The monoisotopic (exact) mass is 230 g/mol. The van der Waals surface area contributed by atoms with Crippen LogP contribution in [0.2, 0.25) is 0 Å². The zero-order chi connectivity index (χ0) is 11.3. The molecule has 0 aliphatic rings. The number of aldehydes is 1. The topological polar surface area (TPSA) is 69.7 Å². The van der Waals surface area contributed by atoms with Crippen LogP contribution in [0.4, 0.5) is 0 Å². The van der Waals surface area contributed by atoms with Gasteiger partial charge in [-0.05, 0) is 19.1 Å². The molecule has 0 radical (unpaired) electrons. The van der Waals surface area contributed by atoms with Gasteiger partial charge in [-0.25, -0.2) is 0 Å². The molecule has 1 aromatic rings. The van der Waals surface area contributed by atoms with Gasteiger partial charge in [-0.15, -0.1) is 0 Å². The minimum atomic E-state index is -3.68. The predicted molar refractivity (Wildman–Crippen MR) is 53.0 cm³/mol. The molecule has 0 aromatic heterocycles. The fraction of sp³-hybridized carbons (Fsp3) is 0.222. The smallest absolute Gasteiger partial charge is 0.302 e. The molecular weight excluding hydrogens is 220 g/mol. The number of carbonyl (C=O) groups is 1. The van der Waals surface area contributed by atoms with Crippen LogP contribution in [0.1, 0.15) is 17.3 Å². The van der Waals surface area contributed by atoms with Crippen LogP contribution in [0, 0.1) is 0 Å². The van der Waals surface area contributed by atoms with Crippen molar-refractivity contribution in [3.63, 3.8) is 0 Å². The first-order valence-electron chi connectivity index (χ1n) is 4.22. The molecule has 15 heavy (non-hydrogen) atoms. The molecule has 0 atom stereocenters. The highest BCUT2D eigenvalue weighted by atomic mass is 32.2. The van der Waals surface area contributed by atoms with Gasteiger partial charge in [0, 0.05) is 0 Å². The highest BCUT2D eigenvalue weighted by Gasteiger charge is 2.11. The molecule has 0 spiro atoms. The van der Waals surface area contributed by atoms with Crippen LogP contribution in [0.3, 0.4) is 0 Å². The van der Waals surface area contributed by atoms with Crippen molar-refractivity contribution in [3.05, 3.63) is 29.8 Å². The summed E-state index contributed by atoms with van der Waals surface area (Å²) in [6.45, 7) is 1.42. The van der Waals surface area contributed by atoms with E-state index < -0.39 is 10.1 Å². The molecule has 0 saturated heterocycles. The Balaban J connectivity index is 2.78. The third-order valence-corrected chi connectivity index (χ3v) is 2.61. The quantitative estimate of drug-likeness (QED) is 0.431. The second kappa shape index (κ2) is 4.90. The molecule has 6 heteroatoms. The van der Waals surface area contributed by atoms with Crippen molar-refractivity contribution in [2.75, 3.05) is 5.75 Å². The molecule has 0 fully saturated rings. The summed E-state index contributed by atoms with van der Waals surface area (Å²) < 4.78 is 26.1. The van der Waals surface area contributed by atoms with E-state index in [1.807, 2.05) is 0 Å². The first-order chi connectivity index (χ1) is 7.09. The average Bonchev–Trinajstić information content (AvgIpc) is 2.27. The number of hydrogen-bond acceptors (Lipinski definition) is 5. The zero-order valence-corrected chi connectivity index (χ0v) is 8.86. The molecular formula is C9H10O5S. The molecule has 0 saturated carbocycles. The van der Waals surface area contributed by atoms with Gasteiger partial charge in [0.05, 0.1) is 11.3 Å². The third-order valence-electron chi connectivity index (χ3n) is 1.63. The molecule has 0 unspecified atom stereocenters. The van der Waals surface area contributed by atoms with Gasteiger partial charge in [-0.3, -0.25) is 4.79 Å². The molecule has 1 rings (SSSR count). The lowest BCUT2D eigenvalue weighted by molar-refractivity contribution is -0.0926. The van der Waals surface area contributed by atoms with Crippen molar-refractivity contribution in [1.29, 1.82) is 0 Å². The second-order valence-corrected chi connectivity index (χ2v) is 4.48. The lowest BCUT2D eigenvalue weighted by Crippen LogP contribution is -2.11. The first kappa shape index (κ1) is 11.7. The third kappa shape index (κ3) is 3.34. The summed E-state index contributed by atoms with van der Waals surface area (Å²) in [5.41, 5.74) is 0.226. The number of carbonyl (C=O) groups excluding carboxylic acids is 1. The van der Waals surface area contributed by atoms with Gasteiger partial charge in [0.2, 0.25) is 0 Å². The summed E-state index contributed by atoms with van der Waals surface area (Å²) in [4.78, 5) is 15.1. The second-order valence-electron chi connectivity index (χ2n) is 2.65. The minimum absolute atomic E-state index is 0.0736. The zero-order valence-electron chi connectivity index (χ0n) is 8.04. The highest BCUT2D eigenvalue weighted by molar-refractivity contribution is 7.86. The Morgan fingerprint density at radius 3 is 2.60 bits per heavy atom. The average molecular weight is 230 g/mol. The van der Waals surface area contributed by atoms with E-state index in [0.717, 1.165) is 0 Å². The van der Waals surface area contributed by atoms with Gasteiger partial charge in [-0.2, -0.15) is 8.42 Å². The van der Waals surface area contributed by atoms with Crippen LogP contribution >= 0.6 is 0 Å². The maximum Gasteiger partial charge on any atom is 0.302 e. The number of para-hydroxylation sites is 1. The van der Waals surface area contributed by atoms with Gasteiger partial charge in [0.15, 0.2) is 12.0 Å². The van der Waals surface area contributed by atoms with Gasteiger partial charge < -0.3 is 4.89 Å². The van der Waals surface area contributed by atoms with Gasteiger partial charge in [0.25, 0.3) is 0 Å². The highest BCUT2D eigenvalue weighted by Crippen LogP contribution is 2.16. The van der Waals surface area contributed by atoms with E-state index in [9.17, 15) is 13.2 Å². The van der Waals surface area contributed by atoms with Crippen LogP contribution in [0.25, 0.3) is 0 Å². The van der Waals surface area contributed by atoms with E-state index in [2.05, 4.69) is 9.22 Å².